The lowest BCUT2D eigenvalue weighted by atomic mass is 10.2. The van der Waals surface area contributed by atoms with Gasteiger partial charge in [-0.05, 0) is 37.3 Å². The number of benzene rings is 2. The summed E-state index contributed by atoms with van der Waals surface area (Å²) in [5.41, 5.74) is 1.20. The number of amidine groups is 1. The SMILES string of the molecule is CCN1C(=O)CC(C(=O)Nc2ccccc2OC)SC1=Nc1cccc(Cl)c1. The number of carbonyl (C=O) groups excluding carboxylic acids is 2. The zero-order valence-corrected chi connectivity index (χ0v) is 17.1. The number of nitrogens with one attached hydrogen (secondary N) is 1. The first-order valence-corrected chi connectivity index (χ1v) is 10.0. The quantitative estimate of drug-likeness (QED) is 0.786. The first kappa shape index (κ1) is 20.2. The number of aliphatic imine (C=N–C) groups is 1. The summed E-state index contributed by atoms with van der Waals surface area (Å²) in [4.78, 5) is 31.5. The minimum atomic E-state index is -0.585. The molecular weight excluding hydrogens is 398 g/mol. The van der Waals surface area contributed by atoms with Crippen LogP contribution in [0.2, 0.25) is 5.02 Å². The minimum absolute atomic E-state index is 0.105. The Hall–Kier alpha value is -2.51. The molecule has 1 aliphatic heterocycles. The number of hydrogen-bond acceptors (Lipinski definition) is 5. The molecule has 1 atom stereocenters. The third-order valence-corrected chi connectivity index (χ3v) is 5.57. The molecule has 0 bridgehead atoms. The molecule has 0 radical (unpaired) electrons. The van der Waals surface area contributed by atoms with Gasteiger partial charge in [-0.1, -0.05) is 41.6 Å². The number of amides is 2. The highest BCUT2D eigenvalue weighted by molar-refractivity contribution is 8.15. The maximum atomic E-state index is 12.8. The van der Waals surface area contributed by atoms with Gasteiger partial charge >= 0.3 is 0 Å². The Balaban J connectivity index is 1.83. The van der Waals surface area contributed by atoms with Gasteiger partial charge in [-0.2, -0.15) is 0 Å². The van der Waals surface area contributed by atoms with E-state index in [9.17, 15) is 9.59 Å². The molecule has 2 aromatic rings. The lowest BCUT2D eigenvalue weighted by Crippen LogP contribution is -2.45. The number of nitrogens with zero attached hydrogens (tertiary/aromatic N) is 2. The van der Waals surface area contributed by atoms with Gasteiger partial charge in [-0.25, -0.2) is 4.99 Å². The van der Waals surface area contributed by atoms with E-state index in [1.54, 1.807) is 48.4 Å². The second-order valence-electron chi connectivity index (χ2n) is 6.01. The van der Waals surface area contributed by atoms with Gasteiger partial charge in [0.25, 0.3) is 0 Å². The van der Waals surface area contributed by atoms with Crippen molar-refractivity contribution >= 4 is 51.7 Å². The molecule has 28 heavy (non-hydrogen) atoms. The summed E-state index contributed by atoms with van der Waals surface area (Å²) in [5.74, 6) is 0.158. The fourth-order valence-electron chi connectivity index (χ4n) is 2.77. The number of ether oxygens (including phenoxy) is 1. The van der Waals surface area contributed by atoms with Crippen LogP contribution in [0.4, 0.5) is 11.4 Å². The molecule has 1 aliphatic rings. The number of methoxy groups -OCH3 is 1. The Bertz CT molecular complexity index is 919. The number of anilines is 1. The van der Waals surface area contributed by atoms with Crippen LogP contribution in [0.3, 0.4) is 0 Å². The molecule has 0 saturated carbocycles. The molecule has 2 aromatic carbocycles. The number of para-hydroxylation sites is 2. The van der Waals surface area contributed by atoms with E-state index in [-0.39, 0.29) is 18.2 Å². The molecule has 1 heterocycles. The van der Waals surface area contributed by atoms with E-state index in [2.05, 4.69) is 10.3 Å². The van der Waals surface area contributed by atoms with Crippen LogP contribution in [0.5, 0.6) is 5.75 Å². The second-order valence-corrected chi connectivity index (χ2v) is 7.62. The first-order chi connectivity index (χ1) is 13.5. The van der Waals surface area contributed by atoms with Crippen molar-refractivity contribution in [2.24, 2.45) is 4.99 Å². The number of carbonyl (C=O) groups is 2. The zero-order chi connectivity index (χ0) is 20.1. The van der Waals surface area contributed by atoms with E-state index in [4.69, 9.17) is 16.3 Å². The van der Waals surface area contributed by atoms with Crippen LogP contribution < -0.4 is 10.1 Å². The Morgan fingerprint density at radius 1 is 1.32 bits per heavy atom. The van der Waals surface area contributed by atoms with E-state index in [1.165, 1.54) is 11.8 Å². The summed E-state index contributed by atoms with van der Waals surface area (Å²) >= 11 is 7.30. The Kier molecular flexibility index (Phi) is 6.59. The number of thioether (sulfide) groups is 1. The maximum Gasteiger partial charge on any atom is 0.238 e. The second kappa shape index (κ2) is 9.12. The van der Waals surface area contributed by atoms with Crippen LogP contribution in [0.1, 0.15) is 13.3 Å². The molecule has 3 rings (SSSR count). The molecule has 1 saturated heterocycles. The van der Waals surface area contributed by atoms with Gasteiger partial charge in [-0.15, -0.1) is 0 Å². The zero-order valence-electron chi connectivity index (χ0n) is 15.5. The number of hydrogen-bond donors (Lipinski definition) is 1. The molecule has 1 unspecified atom stereocenters. The van der Waals surface area contributed by atoms with E-state index in [0.717, 1.165) is 0 Å². The molecule has 1 fully saturated rings. The monoisotopic (exact) mass is 417 g/mol. The smallest absolute Gasteiger partial charge is 0.238 e. The van der Waals surface area contributed by atoms with Crippen molar-refractivity contribution in [1.29, 1.82) is 0 Å². The lowest BCUT2D eigenvalue weighted by molar-refractivity contribution is -0.129. The molecular formula is C20H20ClN3O3S. The Labute approximate surface area is 172 Å². The van der Waals surface area contributed by atoms with E-state index in [1.807, 2.05) is 19.1 Å². The van der Waals surface area contributed by atoms with Gasteiger partial charge in [-0.3, -0.25) is 14.5 Å². The van der Waals surface area contributed by atoms with Gasteiger partial charge in [0.05, 0.1) is 18.5 Å². The van der Waals surface area contributed by atoms with Crippen molar-refractivity contribution < 1.29 is 14.3 Å². The largest absolute Gasteiger partial charge is 0.495 e. The fourth-order valence-corrected chi connectivity index (χ4v) is 4.12. The highest BCUT2D eigenvalue weighted by Gasteiger charge is 2.35. The number of rotatable bonds is 5. The van der Waals surface area contributed by atoms with Crippen molar-refractivity contribution in [3.05, 3.63) is 53.6 Å². The summed E-state index contributed by atoms with van der Waals surface area (Å²) in [7, 11) is 1.54. The van der Waals surface area contributed by atoms with Gasteiger partial charge in [0.15, 0.2) is 5.17 Å². The molecule has 0 aromatic heterocycles. The summed E-state index contributed by atoms with van der Waals surface area (Å²) < 4.78 is 5.27. The van der Waals surface area contributed by atoms with Crippen molar-refractivity contribution in [2.45, 2.75) is 18.6 Å². The van der Waals surface area contributed by atoms with Crippen LogP contribution in [-0.2, 0) is 9.59 Å². The summed E-state index contributed by atoms with van der Waals surface area (Å²) in [5, 5.41) is 3.31. The average Bonchev–Trinajstić information content (AvgIpc) is 2.68. The number of halogens is 1. The van der Waals surface area contributed by atoms with Crippen LogP contribution >= 0.6 is 23.4 Å². The predicted octanol–water partition coefficient (Wildman–Crippen LogP) is 4.33. The van der Waals surface area contributed by atoms with Crippen molar-refractivity contribution in [3.63, 3.8) is 0 Å². The molecule has 1 N–H and O–H groups in total. The van der Waals surface area contributed by atoms with Gasteiger partial charge in [0.1, 0.15) is 11.0 Å². The van der Waals surface area contributed by atoms with Crippen LogP contribution in [0.15, 0.2) is 53.5 Å². The molecule has 0 aliphatic carbocycles. The fraction of sp³-hybridized carbons (Fsp3) is 0.250. The van der Waals surface area contributed by atoms with Crippen LogP contribution in [-0.4, -0.2) is 40.8 Å². The summed E-state index contributed by atoms with van der Waals surface area (Å²) in [6.45, 7) is 2.35. The molecule has 2 amide bonds. The highest BCUT2D eigenvalue weighted by atomic mass is 35.5. The first-order valence-electron chi connectivity index (χ1n) is 8.77. The van der Waals surface area contributed by atoms with Gasteiger partial charge in [0.2, 0.25) is 11.8 Å². The van der Waals surface area contributed by atoms with Crippen molar-refractivity contribution in [1.82, 2.24) is 4.90 Å². The molecule has 6 nitrogen and oxygen atoms in total. The summed E-state index contributed by atoms with van der Waals surface area (Å²) in [6.07, 6.45) is 0.105. The maximum absolute atomic E-state index is 12.8. The van der Waals surface area contributed by atoms with E-state index >= 15 is 0 Å². The predicted molar refractivity (Wildman–Crippen MR) is 114 cm³/mol. The van der Waals surface area contributed by atoms with Gasteiger partial charge in [0, 0.05) is 18.0 Å². The Morgan fingerprint density at radius 3 is 2.82 bits per heavy atom. The van der Waals surface area contributed by atoms with E-state index in [0.29, 0.717) is 33.9 Å². The van der Waals surface area contributed by atoms with E-state index < -0.39 is 5.25 Å². The normalized spacial score (nSPS) is 18.2. The molecule has 0 spiro atoms. The van der Waals surface area contributed by atoms with Crippen molar-refractivity contribution in [2.75, 3.05) is 19.0 Å². The van der Waals surface area contributed by atoms with Crippen LogP contribution in [0.25, 0.3) is 0 Å². The topological polar surface area (TPSA) is 71.0 Å². The van der Waals surface area contributed by atoms with Crippen LogP contribution in [0, 0.1) is 0 Å². The Morgan fingerprint density at radius 2 is 2.11 bits per heavy atom. The lowest BCUT2D eigenvalue weighted by Gasteiger charge is -2.31. The standard InChI is InChI=1S/C20H20ClN3O3S/c1-3-24-18(25)12-17(19(26)23-15-9-4-5-10-16(15)27-2)28-20(24)22-14-8-6-7-13(21)11-14/h4-11,17H,3,12H2,1-2H3,(H,23,26). The molecule has 8 heteroatoms. The van der Waals surface area contributed by atoms with Crippen molar-refractivity contribution in [3.8, 4) is 5.75 Å². The third-order valence-electron chi connectivity index (χ3n) is 4.15. The van der Waals surface area contributed by atoms with Gasteiger partial charge < -0.3 is 10.1 Å². The molecule has 146 valence electrons. The minimum Gasteiger partial charge on any atom is -0.495 e. The highest BCUT2D eigenvalue weighted by Crippen LogP contribution is 2.31. The third kappa shape index (κ3) is 4.66. The summed E-state index contributed by atoms with van der Waals surface area (Å²) in [6, 6.07) is 14.2. The average molecular weight is 418 g/mol.